The van der Waals surface area contributed by atoms with E-state index in [1.807, 2.05) is 24.5 Å². The van der Waals surface area contributed by atoms with Crippen molar-refractivity contribution in [3.8, 4) is 23.0 Å². The SMILES string of the molecule is CC(=O)O.OC[C@@H]1CCC[C@@H](n2ccnc2-c2cnc(-c3ccco3)nc2)C1. The molecule has 2 atom stereocenters. The number of nitrogens with zero attached hydrogens (tertiary/aromatic N) is 4. The standard InChI is InChI=1S/C18H20N4O2.C2H4O2/c23-12-13-3-1-4-15(9-13)22-7-6-19-18(22)14-10-20-17(21-11-14)16-5-2-8-24-16;1-2(3)4/h2,5-8,10-11,13,15,23H,1,3-4,9,12H2;1H3,(H,3,4)/t13-,15-;/m1./s1. The van der Waals surface area contributed by atoms with Gasteiger partial charge in [-0.25, -0.2) is 15.0 Å². The van der Waals surface area contributed by atoms with Crippen LogP contribution in [-0.4, -0.2) is 42.3 Å². The molecule has 0 spiro atoms. The zero-order chi connectivity index (χ0) is 19.9. The summed E-state index contributed by atoms with van der Waals surface area (Å²) in [5.74, 6) is 1.66. The maximum atomic E-state index is 9.46. The second-order valence-electron chi connectivity index (χ2n) is 6.82. The lowest BCUT2D eigenvalue weighted by atomic mass is 9.86. The number of aromatic nitrogens is 4. The number of rotatable bonds is 4. The molecule has 148 valence electrons. The molecule has 0 bridgehead atoms. The molecule has 1 saturated carbocycles. The highest BCUT2D eigenvalue weighted by Crippen LogP contribution is 2.34. The molecule has 0 radical (unpaired) electrons. The lowest BCUT2D eigenvalue weighted by Gasteiger charge is -2.29. The number of carboxylic acids is 1. The fourth-order valence-corrected chi connectivity index (χ4v) is 3.49. The van der Waals surface area contributed by atoms with Crippen LogP contribution >= 0.6 is 0 Å². The summed E-state index contributed by atoms with van der Waals surface area (Å²) in [4.78, 5) is 22.3. The van der Waals surface area contributed by atoms with Gasteiger partial charge in [-0.1, -0.05) is 6.42 Å². The molecule has 1 fully saturated rings. The number of hydrogen-bond donors (Lipinski definition) is 2. The Morgan fingerprint density at radius 2 is 2.04 bits per heavy atom. The summed E-state index contributed by atoms with van der Waals surface area (Å²) in [7, 11) is 0. The first-order chi connectivity index (χ1) is 13.6. The van der Waals surface area contributed by atoms with Gasteiger partial charge in [0.2, 0.25) is 0 Å². The van der Waals surface area contributed by atoms with Gasteiger partial charge in [0.25, 0.3) is 5.97 Å². The molecule has 2 N–H and O–H groups in total. The van der Waals surface area contributed by atoms with Crippen molar-refractivity contribution in [3.05, 3.63) is 43.2 Å². The van der Waals surface area contributed by atoms with Gasteiger partial charge in [0, 0.05) is 44.4 Å². The maximum Gasteiger partial charge on any atom is 0.300 e. The molecule has 0 amide bonds. The molecule has 0 aromatic carbocycles. The molecule has 3 heterocycles. The molecule has 1 aliphatic rings. The highest BCUT2D eigenvalue weighted by Gasteiger charge is 2.24. The van der Waals surface area contributed by atoms with E-state index < -0.39 is 5.97 Å². The first kappa shape index (κ1) is 19.8. The van der Waals surface area contributed by atoms with Gasteiger partial charge in [-0.15, -0.1) is 0 Å². The Kier molecular flexibility index (Phi) is 6.54. The van der Waals surface area contributed by atoms with E-state index in [9.17, 15) is 5.11 Å². The Morgan fingerprint density at radius 1 is 1.29 bits per heavy atom. The van der Waals surface area contributed by atoms with Crippen LogP contribution in [0, 0.1) is 5.92 Å². The molecule has 8 heteroatoms. The van der Waals surface area contributed by atoms with Crippen LogP contribution in [0.4, 0.5) is 0 Å². The number of aliphatic carboxylic acids is 1. The zero-order valence-electron chi connectivity index (χ0n) is 15.7. The maximum absolute atomic E-state index is 9.46. The van der Waals surface area contributed by atoms with E-state index >= 15 is 0 Å². The summed E-state index contributed by atoms with van der Waals surface area (Å²) in [5.41, 5.74) is 0.890. The first-order valence-electron chi connectivity index (χ1n) is 9.28. The van der Waals surface area contributed by atoms with E-state index in [1.165, 1.54) is 0 Å². The third-order valence-corrected chi connectivity index (χ3v) is 4.73. The van der Waals surface area contributed by atoms with Crippen molar-refractivity contribution in [1.82, 2.24) is 19.5 Å². The molecule has 0 saturated heterocycles. The third-order valence-electron chi connectivity index (χ3n) is 4.73. The van der Waals surface area contributed by atoms with Gasteiger partial charge in [0.05, 0.1) is 11.8 Å². The Balaban J connectivity index is 0.000000516. The largest absolute Gasteiger partial charge is 0.481 e. The molecule has 0 aliphatic heterocycles. The molecular formula is C20H24N4O4. The Labute approximate surface area is 162 Å². The van der Waals surface area contributed by atoms with Crippen molar-refractivity contribution in [2.75, 3.05) is 6.61 Å². The molecule has 4 rings (SSSR count). The molecular weight excluding hydrogens is 360 g/mol. The van der Waals surface area contributed by atoms with Crippen LogP contribution < -0.4 is 0 Å². The Hall–Kier alpha value is -3.00. The molecule has 3 aromatic heterocycles. The molecule has 1 aliphatic carbocycles. The number of hydrogen-bond acceptors (Lipinski definition) is 6. The first-order valence-corrected chi connectivity index (χ1v) is 9.28. The van der Waals surface area contributed by atoms with E-state index in [1.54, 1.807) is 18.7 Å². The van der Waals surface area contributed by atoms with Crippen molar-refractivity contribution in [2.24, 2.45) is 5.92 Å². The van der Waals surface area contributed by atoms with Crippen molar-refractivity contribution in [3.63, 3.8) is 0 Å². The van der Waals surface area contributed by atoms with Gasteiger partial charge < -0.3 is 19.2 Å². The molecule has 28 heavy (non-hydrogen) atoms. The Bertz CT molecular complexity index is 870. The van der Waals surface area contributed by atoms with Crippen LogP contribution in [0.15, 0.2) is 47.6 Å². The quantitative estimate of drug-likeness (QED) is 0.708. The van der Waals surface area contributed by atoms with Crippen molar-refractivity contribution < 1.29 is 19.4 Å². The van der Waals surface area contributed by atoms with Crippen LogP contribution in [-0.2, 0) is 4.79 Å². The highest BCUT2D eigenvalue weighted by atomic mass is 16.4. The van der Waals surface area contributed by atoms with Crippen LogP contribution in [0.3, 0.4) is 0 Å². The van der Waals surface area contributed by atoms with Gasteiger partial charge in [-0.05, 0) is 37.3 Å². The van der Waals surface area contributed by atoms with Gasteiger partial charge in [0.15, 0.2) is 11.6 Å². The predicted molar refractivity (Wildman–Crippen MR) is 102 cm³/mol. The molecule has 0 unspecified atom stereocenters. The van der Waals surface area contributed by atoms with Crippen LogP contribution in [0.2, 0.25) is 0 Å². The van der Waals surface area contributed by atoms with E-state index in [0.29, 0.717) is 23.5 Å². The summed E-state index contributed by atoms with van der Waals surface area (Å²) < 4.78 is 7.53. The van der Waals surface area contributed by atoms with Gasteiger partial charge in [-0.2, -0.15) is 0 Å². The number of aliphatic hydroxyl groups excluding tert-OH is 1. The van der Waals surface area contributed by atoms with Crippen LogP contribution in [0.25, 0.3) is 23.0 Å². The van der Waals surface area contributed by atoms with Gasteiger partial charge in [-0.3, -0.25) is 4.79 Å². The van der Waals surface area contributed by atoms with Crippen molar-refractivity contribution >= 4 is 5.97 Å². The van der Waals surface area contributed by atoms with Crippen LogP contribution in [0.1, 0.15) is 38.6 Å². The highest BCUT2D eigenvalue weighted by molar-refractivity contribution is 5.63. The second-order valence-corrected chi connectivity index (χ2v) is 6.82. The normalized spacial score (nSPS) is 18.9. The monoisotopic (exact) mass is 384 g/mol. The second kappa shape index (κ2) is 9.27. The third kappa shape index (κ3) is 4.83. The van der Waals surface area contributed by atoms with Crippen molar-refractivity contribution in [1.29, 1.82) is 0 Å². The fraction of sp³-hybridized carbons (Fsp3) is 0.400. The summed E-state index contributed by atoms with van der Waals surface area (Å²) in [5, 5.41) is 16.9. The van der Waals surface area contributed by atoms with Gasteiger partial charge >= 0.3 is 0 Å². The van der Waals surface area contributed by atoms with E-state index in [0.717, 1.165) is 44.0 Å². The smallest absolute Gasteiger partial charge is 0.300 e. The van der Waals surface area contributed by atoms with Crippen molar-refractivity contribution in [2.45, 2.75) is 38.6 Å². The number of imidazole rings is 1. The number of carboxylic acid groups (broad SMARTS) is 1. The number of carbonyl (C=O) groups is 1. The number of furan rings is 1. The topological polar surface area (TPSA) is 114 Å². The van der Waals surface area contributed by atoms with E-state index in [4.69, 9.17) is 14.3 Å². The zero-order valence-corrected chi connectivity index (χ0v) is 15.7. The minimum absolute atomic E-state index is 0.265. The molecule has 3 aromatic rings. The fourth-order valence-electron chi connectivity index (χ4n) is 3.49. The summed E-state index contributed by atoms with van der Waals surface area (Å²) in [6.45, 7) is 1.35. The lowest BCUT2D eigenvalue weighted by Crippen LogP contribution is -2.21. The Morgan fingerprint density at radius 3 is 2.68 bits per heavy atom. The average Bonchev–Trinajstić information content (AvgIpc) is 3.40. The summed E-state index contributed by atoms with van der Waals surface area (Å²) in [6.07, 6.45) is 13.4. The summed E-state index contributed by atoms with van der Waals surface area (Å²) >= 11 is 0. The minimum atomic E-state index is -0.833. The molecule has 8 nitrogen and oxygen atoms in total. The summed E-state index contributed by atoms with van der Waals surface area (Å²) in [6, 6.07) is 4.03. The van der Waals surface area contributed by atoms with E-state index in [-0.39, 0.29) is 6.61 Å². The van der Waals surface area contributed by atoms with Crippen LogP contribution in [0.5, 0.6) is 0 Å². The number of aliphatic hydroxyl groups is 1. The van der Waals surface area contributed by atoms with Gasteiger partial charge in [0.1, 0.15) is 5.82 Å². The average molecular weight is 384 g/mol. The lowest BCUT2D eigenvalue weighted by molar-refractivity contribution is -0.134. The predicted octanol–water partition coefficient (Wildman–Crippen LogP) is 3.41. The van der Waals surface area contributed by atoms with E-state index in [2.05, 4.69) is 19.5 Å². The minimum Gasteiger partial charge on any atom is -0.481 e.